The first-order valence-corrected chi connectivity index (χ1v) is 3.58. The summed E-state index contributed by atoms with van der Waals surface area (Å²) in [6.45, 7) is 1.24. The van der Waals surface area contributed by atoms with Gasteiger partial charge in [-0.05, 0) is 32.4 Å². The maximum Gasteiger partial charge on any atom is 0 e. The third-order valence-corrected chi connectivity index (χ3v) is 1.97. The lowest BCUT2D eigenvalue weighted by Crippen LogP contribution is -2.15. The standard InChI is InChI=1S/C7H15N.H2/c1-8-6-7-4-2-3-5-7;/h7-8H,2-6H2,1H3;1H. The summed E-state index contributed by atoms with van der Waals surface area (Å²) in [6.07, 6.45) is 5.85. The summed E-state index contributed by atoms with van der Waals surface area (Å²) >= 11 is 0. The molecule has 0 radical (unpaired) electrons. The first-order chi connectivity index (χ1) is 3.93. The molecule has 0 aromatic carbocycles. The first kappa shape index (κ1) is 6.09. The SMILES string of the molecule is CNCC1CCCC1.[HH]. The molecule has 0 aromatic heterocycles. The number of hydrogen-bond donors (Lipinski definition) is 1. The van der Waals surface area contributed by atoms with Crippen molar-refractivity contribution in [1.82, 2.24) is 5.32 Å². The van der Waals surface area contributed by atoms with Gasteiger partial charge in [0.1, 0.15) is 0 Å². The average Bonchev–Trinajstić information content (AvgIpc) is 2.19. The van der Waals surface area contributed by atoms with Gasteiger partial charge in [0.25, 0.3) is 0 Å². The molecule has 1 nitrogen and oxygen atoms in total. The van der Waals surface area contributed by atoms with E-state index in [1.807, 2.05) is 7.05 Å². The molecule has 0 heterocycles. The Morgan fingerprint density at radius 2 is 2.12 bits per heavy atom. The fraction of sp³-hybridized carbons (Fsp3) is 1.00. The van der Waals surface area contributed by atoms with Crippen LogP contribution in [0.3, 0.4) is 0 Å². The molecule has 8 heavy (non-hydrogen) atoms. The first-order valence-electron chi connectivity index (χ1n) is 3.58. The molecule has 0 atom stereocenters. The van der Waals surface area contributed by atoms with E-state index < -0.39 is 0 Å². The van der Waals surface area contributed by atoms with Gasteiger partial charge in [0.05, 0.1) is 0 Å². The Bertz CT molecular complexity index is 59.9. The molecular formula is C7H17N. The smallest absolute Gasteiger partial charge is 0 e. The van der Waals surface area contributed by atoms with Gasteiger partial charge in [-0.15, -0.1) is 0 Å². The Hall–Kier alpha value is -0.0400. The fourth-order valence-electron chi connectivity index (χ4n) is 1.50. The van der Waals surface area contributed by atoms with Crippen molar-refractivity contribution in [3.8, 4) is 0 Å². The second-order valence-electron chi connectivity index (χ2n) is 2.71. The van der Waals surface area contributed by atoms with Crippen molar-refractivity contribution < 1.29 is 1.43 Å². The van der Waals surface area contributed by atoms with Crippen LogP contribution in [-0.4, -0.2) is 13.6 Å². The van der Waals surface area contributed by atoms with E-state index in [9.17, 15) is 0 Å². The van der Waals surface area contributed by atoms with E-state index in [4.69, 9.17) is 0 Å². The zero-order valence-electron chi connectivity index (χ0n) is 5.61. The Morgan fingerprint density at radius 3 is 2.62 bits per heavy atom. The van der Waals surface area contributed by atoms with Gasteiger partial charge in [0.15, 0.2) is 0 Å². The van der Waals surface area contributed by atoms with Crippen LogP contribution in [0.15, 0.2) is 0 Å². The van der Waals surface area contributed by atoms with Crippen LogP contribution in [-0.2, 0) is 0 Å². The van der Waals surface area contributed by atoms with Gasteiger partial charge >= 0.3 is 0 Å². The number of rotatable bonds is 2. The van der Waals surface area contributed by atoms with Crippen LogP contribution in [0.2, 0.25) is 0 Å². The lowest BCUT2D eigenvalue weighted by Gasteiger charge is -2.04. The lowest BCUT2D eigenvalue weighted by molar-refractivity contribution is 0.516. The normalized spacial score (nSPS) is 22.1. The summed E-state index contributed by atoms with van der Waals surface area (Å²) in [5.41, 5.74) is 0. The highest BCUT2D eigenvalue weighted by Gasteiger charge is 2.12. The molecule has 0 amide bonds. The fourth-order valence-corrected chi connectivity index (χ4v) is 1.50. The summed E-state index contributed by atoms with van der Waals surface area (Å²) in [6, 6.07) is 0. The van der Waals surface area contributed by atoms with Gasteiger partial charge in [-0.2, -0.15) is 0 Å². The van der Waals surface area contributed by atoms with E-state index in [0.29, 0.717) is 0 Å². The van der Waals surface area contributed by atoms with Gasteiger partial charge in [-0.25, -0.2) is 0 Å². The van der Waals surface area contributed by atoms with Crippen LogP contribution in [0, 0.1) is 5.92 Å². The molecule has 0 saturated heterocycles. The highest BCUT2D eigenvalue weighted by Crippen LogP contribution is 2.23. The van der Waals surface area contributed by atoms with E-state index in [1.54, 1.807) is 0 Å². The maximum absolute atomic E-state index is 3.21. The molecule has 1 aliphatic carbocycles. The molecule has 1 N–H and O–H groups in total. The average molecular weight is 115 g/mol. The minimum absolute atomic E-state index is 0. The van der Waals surface area contributed by atoms with Gasteiger partial charge in [-0.1, -0.05) is 12.8 Å². The van der Waals surface area contributed by atoms with Crippen LogP contribution in [0.5, 0.6) is 0 Å². The van der Waals surface area contributed by atoms with Crippen LogP contribution < -0.4 is 5.32 Å². The molecule has 1 fully saturated rings. The van der Waals surface area contributed by atoms with Crippen LogP contribution >= 0.6 is 0 Å². The van der Waals surface area contributed by atoms with Crippen LogP contribution in [0.25, 0.3) is 0 Å². The van der Waals surface area contributed by atoms with Crippen molar-refractivity contribution in [2.24, 2.45) is 5.92 Å². The van der Waals surface area contributed by atoms with Crippen molar-refractivity contribution in [3.05, 3.63) is 0 Å². The quantitative estimate of drug-likeness (QED) is 0.577. The Morgan fingerprint density at radius 1 is 1.50 bits per heavy atom. The predicted molar refractivity (Wildman–Crippen MR) is 38.0 cm³/mol. The zero-order chi connectivity index (χ0) is 5.82. The molecule has 0 spiro atoms. The molecule has 0 bridgehead atoms. The Kier molecular flexibility index (Phi) is 2.34. The van der Waals surface area contributed by atoms with Crippen LogP contribution in [0.1, 0.15) is 27.1 Å². The summed E-state index contributed by atoms with van der Waals surface area (Å²) < 4.78 is 0. The maximum atomic E-state index is 3.21. The van der Waals surface area contributed by atoms with Crippen molar-refractivity contribution in [2.75, 3.05) is 13.6 Å². The lowest BCUT2D eigenvalue weighted by atomic mass is 10.1. The molecule has 0 unspecified atom stereocenters. The molecule has 1 aliphatic rings. The molecule has 1 saturated carbocycles. The monoisotopic (exact) mass is 115 g/mol. The van der Waals surface area contributed by atoms with Crippen molar-refractivity contribution in [3.63, 3.8) is 0 Å². The number of hydrogen-bond acceptors (Lipinski definition) is 1. The zero-order valence-corrected chi connectivity index (χ0v) is 5.61. The molecular weight excluding hydrogens is 98.1 g/mol. The highest BCUT2D eigenvalue weighted by molar-refractivity contribution is 4.67. The van der Waals surface area contributed by atoms with Crippen LogP contribution in [0.4, 0.5) is 0 Å². The van der Waals surface area contributed by atoms with Gasteiger partial charge in [0.2, 0.25) is 0 Å². The second-order valence-corrected chi connectivity index (χ2v) is 2.71. The van der Waals surface area contributed by atoms with Gasteiger partial charge in [-0.3, -0.25) is 0 Å². The minimum Gasteiger partial charge on any atom is -0.319 e. The van der Waals surface area contributed by atoms with E-state index in [0.717, 1.165) is 5.92 Å². The van der Waals surface area contributed by atoms with E-state index in [2.05, 4.69) is 5.32 Å². The molecule has 50 valence electrons. The topological polar surface area (TPSA) is 12.0 Å². The third kappa shape index (κ3) is 1.48. The highest BCUT2D eigenvalue weighted by atomic mass is 14.8. The summed E-state index contributed by atoms with van der Waals surface area (Å²) in [5.74, 6) is 1.000. The van der Waals surface area contributed by atoms with E-state index in [-0.39, 0.29) is 1.43 Å². The third-order valence-electron chi connectivity index (χ3n) is 1.97. The van der Waals surface area contributed by atoms with Crippen molar-refractivity contribution in [1.29, 1.82) is 0 Å². The molecule has 0 aliphatic heterocycles. The van der Waals surface area contributed by atoms with E-state index in [1.165, 1.54) is 32.2 Å². The largest absolute Gasteiger partial charge is 0.319 e. The number of nitrogens with one attached hydrogen (secondary N) is 1. The molecule has 1 rings (SSSR count). The molecule has 1 heteroatoms. The minimum atomic E-state index is 0. The predicted octanol–water partition coefficient (Wildman–Crippen LogP) is 1.64. The Labute approximate surface area is 53.0 Å². The van der Waals surface area contributed by atoms with Crippen molar-refractivity contribution in [2.45, 2.75) is 25.7 Å². The summed E-state index contributed by atoms with van der Waals surface area (Å²) in [4.78, 5) is 0. The molecule has 0 aromatic rings. The van der Waals surface area contributed by atoms with Crippen molar-refractivity contribution >= 4 is 0 Å². The Balaban J connectivity index is 0.000000640. The van der Waals surface area contributed by atoms with E-state index >= 15 is 0 Å². The summed E-state index contributed by atoms with van der Waals surface area (Å²) in [7, 11) is 2.04. The second kappa shape index (κ2) is 3.08. The summed E-state index contributed by atoms with van der Waals surface area (Å²) in [5, 5.41) is 3.21. The van der Waals surface area contributed by atoms with Gasteiger partial charge < -0.3 is 5.32 Å². The van der Waals surface area contributed by atoms with Gasteiger partial charge in [0, 0.05) is 1.43 Å².